The molecule has 9 nitrogen and oxygen atoms in total. The fourth-order valence-corrected chi connectivity index (χ4v) is 12.7. The zero-order valence-corrected chi connectivity index (χ0v) is 62.5. The highest BCUT2D eigenvalue weighted by molar-refractivity contribution is 5.70. The van der Waals surface area contributed by atoms with Gasteiger partial charge in [0.15, 0.2) is 12.4 Å². The molecule has 0 amide bonds. The summed E-state index contributed by atoms with van der Waals surface area (Å²) in [4.78, 5) is 37.6. The van der Waals surface area contributed by atoms with Crippen LogP contribution < -0.4 is 5.11 Å². The molecule has 0 rings (SSSR count). The maximum Gasteiger partial charge on any atom is 0.306 e. The van der Waals surface area contributed by atoms with Crippen LogP contribution in [0.4, 0.5) is 0 Å². The number of hydrogen-bond donors (Lipinski definition) is 0. The van der Waals surface area contributed by atoms with Gasteiger partial charge in [0, 0.05) is 12.8 Å². The van der Waals surface area contributed by atoms with E-state index in [1.807, 2.05) is 21.1 Å². The molecule has 0 aliphatic carbocycles. The van der Waals surface area contributed by atoms with Crippen molar-refractivity contribution in [1.82, 2.24) is 0 Å². The number of quaternary nitrogens is 1. The summed E-state index contributed by atoms with van der Waals surface area (Å²) in [5.41, 5.74) is 0. The topological polar surface area (TPSA) is 111 Å². The third-order valence-electron chi connectivity index (χ3n) is 19.0. The molecule has 0 heterocycles. The summed E-state index contributed by atoms with van der Waals surface area (Å²) in [6.07, 6.45) is 91.8. The largest absolute Gasteiger partial charge is 0.545 e. The van der Waals surface area contributed by atoms with Crippen LogP contribution >= 0.6 is 0 Å². The van der Waals surface area contributed by atoms with Crippen LogP contribution in [0.15, 0.2) is 24.3 Å². The van der Waals surface area contributed by atoms with Crippen LogP contribution in [0.5, 0.6) is 0 Å². The molecule has 0 aromatic carbocycles. The molecule has 0 spiro atoms. The van der Waals surface area contributed by atoms with E-state index >= 15 is 0 Å². The molecule has 0 saturated heterocycles. The molecular formula is C83H159NO8. The van der Waals surface area contributed by atoms with Gasteiger partial charge in [-0.2, -0.15) is 0 Å². The van der Waals surface area contributed by atoms with Crippen molar-refractivity contribution in [3.05, 3.63) is 24.3 Å². The molecule has 0 fully saturated rings. The summed E-state index contributed by atoms with van der Waals surface area (Å²) in [6, 6.07) is 0. The van der Waals surface area contributed by atoms with E-state index in [-0.39, 0.29) is 32.2 Å². The second-order valence-corrected chi connectivity index (χ2v) is 29.4. The molecule has 0 aromatic rings. The van der Waals surface area contributed by atoms with Crippen LogP contribution in [0.25, 0.3) is 0 Å². The quantitative estimate of drug-likeness (QED) is 0.0195. The van der Waals surface area contributed by atoms with Gasteiger partial charge >= 0.3 is 11.9 Å². The van der Waals surface area contributed by atoms with E-state index in [9.17, 15) is 19.5 Å². The van der Waals surface area contributed by atoms with Gasteiger partial charge in [0.1, 0.15) is 13.2 Å². The van der Waals surface area contributed by atoms with Crippen molar-refractivity contribution in [2.24, 2.45) is 0 Å². The Morgan fingerprint density at radius 3 is 0.859 bits per heavy atom. The number of unbranched alkanes of at least 4 members (excludes halogenated alkanes) is 59. The van der Waals surface area contributed by atoms with Gasteiger partial charge in [-0.3, -0.25) is 9.59 Å². The number of carboxylic acids is 1. The lowest BCUT2D eigenvalue weighted by molar-refractivity contribution is -0.870. The van der Waals surface area contributed by atoms with Crippen LogP contribution in [0.3, 0.4) is 0 Å². The normalized spacial score (nSPS) is 12.7. The fraction of sp³-hybridized carbons (Fsp3) is 0.916. The Hall–Kier alpha value is -2.23. The van der Waals surface area contributed by atoms with E-state index in [1.54, 1.807) is 0 Å². The van der Waals surface area contributed by atoms with Crippen molar-refractivity contribution in [2.45, 2.75) is 444 Å². The van der Waals surface area contributed by atoms with Gasteiger partial charge in [-0.25, -0.2) is 0 Å². The number of likely N-dealkylation sites (N-methyl/N-ethyl adjacent to an activating group) is 1. The molecule has 2 atom stereocenters. The number of allylic oxidation sites excluding steroid dienone is 4. The SMILES string of the molecule is CCCCCCC/C=C\C/C=C\CCCCCCCCCCCCCCCCCCCCCCCCCC(=O)OC(COC(=O)CCCCCCCCCCCCCCCCCCCCCCCCCCCCCCCCCC)COC(OCC[N+](C)(C)C)C(=O)[O-]. The zero-order chi connectivity index (χ0) is 66.8. The lowest BCUT2D eigenvalue weighted by atomic mass is 10.0. The molecule has 0 aromatic heterocycles. The molecule has 0 N–H and O–H groups in total. The van der Waals surface area contributed by atoms with Gasteiger partial charge in [-0.05, 0) is 44.9 Å². The van der Waals surface area contributed by atoms with Crippen molar-refractivity contribution in [2.75, 3.05) is 47.5 Å². The van der Waals surface area contributed by atoms with E-state index in [0.717, 1.165) is 44.9 Å². The molecule has 0 aliphatic heterocycles. The summed E-state index contributed by atoms with van der Waals surface area (Å²) >= 11 is 0. The Morgan fingerprint density at radius 1 is 0.326 bits per heavy atom. The number of aliphatic carboxylic acids is 1. The predicted molar refractivity (Wildman–Crippen MR) is 394 cm³/mol. The minimum absolute atomic E-state index is 0.152. The molecule has 0 aliphatic rings. The summed E-state index contributed by atoms with van der Waals surface area (Å²) in [6.45, 7) is 4.83. The minimum atomic E-state index is -1.62. The lowest BCUT2D eigenvalue weighted by Crippen LogP contribution is -2.44. The Balaban J connectivity index is 3.95. The monoisotopic (exact) mass is 1300 g/mol. The van der Waals surface area contributed by atoms with Gasteiger partial charge in [0.25, 0.3) is 0 Å². The third kappa shape index (κ3) is 75.2. The maximum atomic E-state index is 13.0. The van der Waals surface area contributed by atoms with Crippen LogP contribution in [-0.2, 0) is 33.3 Å². The summed E-state index contributed by atoms with van der Waals surface area (Å²) in [5, 5.41) is 11.9. The highest BCUT2D eigenvalue weighted by Gasteiger charge is 2.22. The van der Waals surface area contributed by atoms with Crippen LogP contribution in [0, 0.1) is 0 Å². The number of ether oxygens (including phenoxy) is 4. The highest BCUT2D eigenvalue weighted by atomic mass is 16.7. The number of rotatable bonds is 78. The minimum Gasteiger partial charge on any atom is -0.545 e. The second kappa shape index (κ2) is 74.6. The molecule has 544 valence electrons. The molecular weight excluding hydrogens is 1140 g/mol. The zero-order valence-electron chi connectivity index (χ0n) is 62.5. The van der Waals surface area contributed by atoms with E-state index in [1.165, 1.54) is 360 Å². The van der Waals surface area contributed by atoms with Gasteiger partial charge in [0.05, 0.1) is 40.3 Å². The number of carbonyl (C=O) groups is 3. The number of nitrogens with zero attached hydrogens (tertiary/aromatic N) is 1. The van der Waals surface area contributed by atoms with Gasteiger partial charge < -0.3 is 33.3 Å². The Bertz CT molecular complexity index is 1560. The first-order valence-electron chi connectivity index (χ1n) is 41.0. The van der Waals surface area contributed by atoms with Gasteiger partial charge in [-0.1, -0.05) is 398 Å². The molecule has 0 bridgehead atoms. The highest BCUT2D eigenvalue weighted by Crippen LogP contribution is 2.20. The van der Waals surface area contributed by atoms with Crippen LogP contribution in [-0.4, -0.2) is 82.3 Å². The summed E-state index contributed by atoms with van der Waals surface area (Å²) in [5.74, 6) is -2.24. The van der Waals surface area contributed by atoms with Gasteiger partial charge in [-0.15, -0.1) is 0 Å². The molecule has 2 unspecified atom stereocenters. The Labute approximate surface area is 573 Å². The van der Waals surface area contributed by atoms with Crippen molar-refractivity contribution in [3.8, 4) is 0 Å². The lowest BCUT2D eigenvalue weighted by Gasteiger charge is -2.26. The maximum absolute atomic E-state index is 13.0. The van der Waals surface area contributed by atoms with Crippen LogP contribution in [0.2, 0.25) is 0 Å². The van der Waals surface area contributed by atoms with Crippen molar-refractivity contribution < 1.29 is 42.9 Å². The molecule has 92 heavy (non-hydrogen) atoms. The Kier molecular flexibility index (Phi) is 72.8. The standard InChI is InChI=1S/C83H159NO8/c1-6-8-10-12-14-16-18-20-22-24-26-28-30-32-34-36-38-40-41-42-44-46-48-50-52-54-56-58-60-62-64-66-68-70-72-74-81(86)92-79(78-91-83(82(87)88)89-76-75-84(3,4)5)77-90-80(85)73-71-69-67-65-63-61-59-57-55-53-51-49-47-45-43-39-37-35-33-31-29-27-25-23-21-19-17-15-13-11-9-7-2/h18,20,24,26,79,83H,6-17,19,21-23,25,27-78H2,1-5H3/b20-18-,26-24-. The van der Waals surface area contributed by atoms with Crippen molar-refractivity contribution in [1.29, 1.82) is 0 Å². The fourth-order valence-electron chi connectivity index (χ4n) is 12.7. The molecule has 9 heteroatoms. The number of hydrogen-bond acceptors (Lipinski definition) is 8. The average molecular weight is 1300 g/mol. The summed E-state index contributed by atoms with van der Waals surface area (Å²) < 4.78 is 22.9. The first-order valence-corrected chi connectivity index (χ1v) is 41.0. The van der Waals surface area contributed by atoms with Crippen LogP contribution in [0.1, 0.15) is 431 Å². The predicted octanol–water partition coefficient (Wildman–Crippen LogP) is 24.8. The number of carboxylic acid groups (broad SMARTS) is 1. The smallest absolute Gasteiger partial charge is 0.306 e. The van der Waals surface area contributed by atoms with E-state index in [4.69, 9.17) is 18.9 Å². The first-order chi connectivity index (χ1) is 45.1. The average Bonchev–Trinajstić information content (AvgIpc) is 3.70. The number of esters is 2. The van der Waals surface area contributed by atoms with E-state index in [0.29, 0.717) is 17.4 Å². The third-order valence-corrected chi connectivity index (χ3v) is 19.0. The van der Waals surface area contributed by atoms with E-state index in [2.05, 4.69) is 38.2 Å². The summed E-state index contributed by atoms with van der Waals surface area (Å²) in [7, 11) is 5.96. The van der Waals surface area contributed by atoms with Crippen molar-refractivity contribution >= 4 is 17.9 Å². The number of carbonyl (C=O) groups excluding carboxylic acids is 3. The first kappa shape index (κ1) is 89.8. The van der Waals surface area contributed by atoms with Crippen molar-refractivity contribution in [3.63, 3.8) is 0 Å². The molecule has 0 saturated carbocycles. The Morgan fingerprint density at radius 2 is 0.587 bits per heavy atom. The van der Waals surface area contributed by atoms with E-state index < -0.39 is 24.3 Å². The van der Waals surface area contributed by atoms with Gasteiger partial charge in [0.2, 0.25) is 0 Å². The second-order valence-electron chi connectivity index (χ2n) is 29.4. The molecule has 0 radical (unpaired) electrons.